The van der Waals surface area contributed by atoms with E-state index in [-0.39, 0.29) is 6.01 Å². The summed E-state index contributed by atoms with van der Waals surface area (Å²) in [6.07, 6.45) is 1.70. The van der Waals surface area contributed by atoms with Gasteiger partial charge in [0, 0.05) is 30.9 Å². The molecule has 3 aromatic carbocycles. The lowest BCUT2D eigenvalue weighted by Gasteiger charge is -2.08. The van der Waals surface area contributed by atoms with Gasteiger partial charge in [0.05, 0.1) is 21.6 Å². The third kappa shape index (κ3) is 3.83. The molecule has 3 N–H and O–H groups in total. The van der Waals surface area contributed by atoms with Crippen molar-refractivity contribution >= 4 is 45.2 Å². The topological polar surface area (TPSA) is 90.9 Å². The van der Waals surface area contributed by atoms with Crippen LogP contribution in [0, 0.1) is 0 Å². The van der Waals surface area contributed by atoms with Gasteiger partial charge in [-0.2, -0.15) is 4.98 Å². The number of imidazole rings is 1. The van der Waals surface area contributed by atoms with Crippen molar-refractivity contribution in [1.29, 1.82) is 0 Å². The lowest BCUT2D eigenvalue weighted by molar-refractivity contribution is 0.444. The highest BCUT2D eigenvalue weighted by Crippen LogP contribution is 2.25. The number of nitrogens with one attached hydrogen (secondary N) is 1. The van der Waals surface area contributed by atoms with Gasteiger partial charge in [0.15, 0.2) is 0 Å². The molecule has 0 fully saturated rings. The number of para-hydroxylation sites is 1. The van der Waals surface area contributed by atoms with Crippen molar-refractivity contribution in [2.75, 3.05) is 11.1 Å². The molecule has 0 aliphatic rings. The summed E-state index contributed by atoms with van der Waals surface area (Å²) in [5, 5.41) is 4.80. The van der Waals surface area contributed by atoms with E-state index in [2.05, 4.69) is 20.3 Å². The smallest absolute Gasteiger partial charge is 0.322 e. The van der Waals surface area contributed by atoms with E-state index < -0.39 is 0 Å². The molecule has 0 bridgehead atoms. The lowest BCUT2D eigenvalue weighted by Crippen LogP contribution is -2.05. The molecule has 0 aliphatic carbocycles. The van der Waals surface area contributed by atoms with Crippen molar-refractivity contribution in [3.05, 3.63) is 77.4 Å². The monoisotopic (exact) mass is 430 g/mol. The predicted molar refractivity (Wildman–Crippen MR) is 124 cm³/mol. The van der Waals surface area contributed by atoms with E-state index in [0.717, 1.165) is 33.6 Å². The van der Waals surface area contributed by atoms with Crippen molar-refractivity contribution in [2.45, 2.75) is 6.54 Å². The second-order valence-corrected chi connectivity index (χ2v) is 7.58. The van der Waals surface area contributed by atoms with E-state index in [9.17, 15) is 0 Å². The van der Waals surface area contributed by atoms with Crippen LogP contribution in [0.5, 0.6) is 11.8 Å². The summed E-state index contributed by atoms with van der Waals surface area (Å²) >= 11 is 6.22. The summed E-state index contributed by atoms with van der Waals surface area (Å²) in [7, 11) is 1.96. The van der Waals surface area contributed by atoms with E-state index in [0.29, 0.717) is 22.8 Å². The fraction of sp³-hybridized carbons (Fsp3) is 0.0870. The number of nitrogen functional groups attached to an aromatic ring is 1. The van der Waals surface area contributed by atoms with Crippen LogP contribution >= 0.6 is 11.6 Å². The van der Waals surface area contributed by atoms with Crippen molar-refractivity contribution < 1.29 is 4.74 Å². The molecule has 0 saturated carbocycles. The highest BCUT2D eigenvalue weighted by atomic mass is 35.5. The summed E-state index contributed by atoms with van der Waals surface area (Å²) in [4.78, 5) is 13.3. The fourth-order valence-corrected chi connectivity index (χ4v) is 3.60. The van der Waals surface area contributed by atoms with E-state index in [1.54, 1.807) is 12.3 Å². The standard InChI is InChI=1S/C23H19ClN6O/c1-30-20-11-16(25)7-10-19(20)28-22(30)26-12-14-5-8-17(9-6-14)31-23-27-13-15-3-2-4-18(24)21(15)29-23/h2-11,13H,12,25H2,1H3,(H,26,28). The van der Waals surface area contributed by atoms with E-state index in [1.807, 2.05) is 66.2 Å². The minimum atomic E-state index is 0.255. The summed E-state index contributed by atoms with van der Waals surface area (Å²) in [5.41, 5.74) is 10.2. The van der Waals surface area contributed by atoms with E-state index in [1.165, 1.54) is 0 Å². The predicted octanol–water partition coefficient (Wildman–Crippen LogP) is 5.16. The number of ether oxygens (including phenoxy) is 1. The number of halogens is 1. The molecule has 0 saturated heterocycles. The fourth-order valence-electron chi connectivity index (χ4n) is 3.38. The van der Waals surface area contributed by atoms with Gasteiger partial charge in [-0.05, 0) is 42.0 Å². The number of aryl methyl sites for hydroxylation is 1. The number of fused-ring (bicyclic) bond motifs is 2. The third-order valence-electron chi connectivity index (χ3n) is 5.03. The van der Waals surface area contributed by atoms with Gasteiger partial charge in [-0.3, -0.25) is 0 Å². The highest BCUT2D eigenvalue weighted by Gasteiger charge is 2.09. The normalized spacial score (nSPS) is 11.2. The summed E-state index contributed by atoms with van der Waals surface area (Å²) in [6, 6.07) is 19.2. The first-order valence-electron chi connectivity index (χ1n) is 9.71. The zero-order chi connectivity index (χ0) is 21.4. The Kier molecular flexibility index (Phi) is 4.80. The maximum absolute atomic E-state index is 6.22. The first-order chi connectivity index (χ1) is 15.1. The van der Waals surface area contributed by atoms with Crippen LogP contribution in [-0.4, -0.2) is 19.5 Å². The van der Waals surface area contributed by atoms with Crippen LogP contribution in [-0.2, 0) is 13.6 Å². The third-order valence-corrected chi connectivity index (χ3v) is 5.33. The first-order valence-corrected chi connectivity index (χ1v) is 10.1. The van der Waals surface area contributed by atoms with Crippen molar-refractivity contribution in [3.63, 3.8) is 0 Å². The van der Waals surface area contributed by atoms with Crippen molar-refractivity contribution in [3.8, 4) is 11.8 Å². The van der Waals surface area contributed by atoms with Gasteiger partial charge < -0.3 is 20.4 Å². The zero-order valence-corrected chi connectivity index (χ0v) is 17.5. The zero-order valence-electron chi connectivity index (χ0n) is 16.7. The van der Waals surface area contributed by atoms with Gasteiger partial charge >= 0.3 is 6.01 Å². The van der Waals surface area contributed by atoms with Crippen molar-refractivity contribution in [2.24, 2.45) is 7.05 Å². The van der Waals surface area contributed by atoms with Gasteiger partial charge in [0.1, 0.15) is 5.75 Å². The SMILES string of the molecule is Cn1c(NCc2ccc(Oc3ncc4cccc(Cl)c4n3)cc2)nc2ccc(N)cc21. The molecule has 31 heavy (non-hydrogen) atoms. The average Bonchev–Trinajstić information content (AvgIpc) is 3.09. The molecule has 0 aliphatic heterocycles. The van der Waals surface area contributed by atoms with Crippen LogP contribution in [0.3, 0.4) is 0 Å². The number of nitrogens with zero attached hydrogens (tertiary/aromatic N) is 4. The molecule has 5 aromatic rings. The number of benzene rings is 3. The Bertz CT molecular complexity index is 1400. The van der Waals surface area contributed by atoms with E-state index in [4.69, 9.17) is 22.1 Å². The quantitative estimate of drug-likeness (QED) is 0.374. The Morgan fingerprint density at radius 1 is 1.06 bits per heavy atom. The maximum atomic E-state index is 6.22. The van der Waals surface area contributed by atoms with E-state index >= 15 is 0 Å². The molecule has 8 heteroatoms. The molecule has 5 rings (SSSR count). The Labute approximate surface area is 183 Å². The molecular weight excluding hydrogens is 412 g/mol. The molecule has 0 atom stereocenters. The van der Waals surface area contributed by atoms with Crippen LogP contribution in [0.2, 0.25) is 5.02 Å². The molecule has 0 amide bonds. The Hall–Kier alpha value is -3.84. The number of aromatic nitrogens is 4. The first kappa shape index (κ1) is 19.1. The average molecular weight is 431 g/mol. The molecule has 2 heterocycles. The van der Waals surface area contributed by atoms with Crippen molar-refractivity contribution in [1.82, 2.24) is 19.5 Å². The molecule has 154 valence electrons. The molecule has 7 nitrogen and oxygen atoms in total. The lowest BCUT2D eigenvalue weighted by atomic mass is 10.2. The maximum Gasteiger partial charge on any atom is 0.322 e. The van der Waals surface area contributed by atoms with Gasteiger partial charge in [-0.15, -0.1) is 0 Å². The summed E-state index contributed by atoms with van der Waals surface area (Å²) < 4.78 is 7.79. The Morgan fingerprint density at radius 2 is 1.90 bits per heavy atom. The van der Waals surface area contributed by atoms with Gasteiger partial charge in [0.2, 0.25) is 5.95 Å². The van der Waals surface area contributed by atoms with Crippen LogP contribution in [0.15, 0.2) is 66.9 Å². The number of nitrogens with two attached hydrogens (primary N) is 1. The number of hydrogen-bond donors (Lipinski definition) is 2. The van der Waals surface area contributed by atoms with Gasteiger partial charge in [0.25, 0.3) is 0 Å². The summed E-state index contributed by atoms with van der Waals surface area (Å²) in [5.74, 6) is 1.43. The van der Waals surface area contributed by atoms with Gasteiger partial charge in [-0.25, -0.2) is 9.97 Å². The highest BCUT2D eigenvalue weighted by molar-refractivity contribution is 6.35. The van der Waals surface area contributed by atoms with Crippen LogP contribution in [0.25, 0.3) is 21.9 Å². The molecule has 0 unspecified atom stereocenters. The number of rotatable bonds is 5. The largest absolute Gasteiger partial charge is 0.424 e. The molecular formula is C23H19ClN6O. The number of hydrogen-bond acceptors (Lipinski definition) is 6. The molecule has 0 radical (unpaired) electrons. The van der Waals surface area contributed by atoms with Gasteiger partial charge in [-0.1, -0.05) is 35.9 Å². The molecule has 2 aromatic heterocycles. The number of anilines is 2. The van der Waals surface area contributed by atoms with Crippen LogP contribution in [0.1, 0.15) is 5.56 Å². The van der Waals surface area contributed by atoms with Crippen LogP contribution < -0.4 is 15.8 Å². The molecule has 0 spiro atoms. The second-order valence-electron chi connectivity index (χ2n) is 7.17. The second kappa shape index (κ2) is 7.77. The summed E-state index contributed by atoms with van der Waals surface area (Å²) in [6.45, 7) is 0.620. The van der Waals surface area contributed by atoms with Crippen LogP contribution in [0.4, 0.5) is 11.6 Å². The minimum Gasteiger partial charge on any atom is -0.424 e. The Balaban J connectivity index is 1.28. The minimum absolute atomic E-state index is 0.255. The Morgan fingerprint density at radius 3 is 2.74 bits per heavy atom.